The molecule has 2 rings (SSSR count). The van der Waals surface area contributed by atoms with Gasteiger partial charge >= 0.3 is 10.8 Å². The van der Waals surface area contributed by atoms with E-state index in [1.54, 1.807) is 25.1 Å². The zero-order valence-corrected chi connectivity index (χ0v) is 16.0. The summed E-state index contributed by atoms with van der Waals surface area (Å²) < 4.78 is 7.54. The fourth-order valence-corrected chi connectivity index (χ4v) is 3.68. The first-order chi connectivity index (χ1) is 11.8. The van der Waals surface area contributed by atoms with Crippen LogP contribution in [0.25, 0.3) is 10.2 Å². The summed E-state index contributed by atoms with van der Waals surface area (Å²) in [5.74, 6) is 1.99. The summed E-state index contributed by atoms with van der Waals surface area (Å²) >= 11 is 7.22. The predicted molar refractivity (Wildman–Crippen MR) is 103 cm³/mol. The molecule has 1 heterocycles. The Morgan fingerprint density at radius 3 is 2.84 bits per heavy atom. The fraction of sp³-hybridized carbons (Fsp3) is 0.368. The number of benzene rings is 1. The maximum atomic E-state index is 12.4. The van der Waals surface area contributed by atoms with Gasteiger partial charge in [-0.15, -0.1) is 6.42 Å². The summed E-state index contributed by atoms with van der Waals surface area (Å²) in [6.45, 7) is 5.47. The van der Waals surface area contributed by atoms with E-state index in [4.69, 9.17) is 22.8 Å². The highest BCUT2D eigenvalue weighted by Gasteiger charge is 2.26. The van der Waals surface area contributed by atoms with E-state index in [-0.39, 0.29) is 11.4 Å². The third-order valence-corrected chi connectivity index (χ3v) is 4.99. The zero-order chi connectivity index (χ0) is 18.6. The van der Waals surface area contributed by atoms with Gasteiger partial charge in [0.25, 0.3) is 0 Å². The fourth-order valence-electron chi connectivity index (χ4n) is 2.43. The molecule has 0 aliphatic heterocycles. The minimum atomic E-state index is -1.01. The number of allylic oxidation sites excluding steroid dienone is 2. The number of halogens is 1. The van der Waals surface area contributed by atoms with Crippen LogP contribution in [-0.4, -0.2) is 16.1 Å². The van der Waals surface area contributed by atoms with Gasteiger partial charge < -0.3 is 4.74 Å². The first-order valence-corrected chi connectivity index (χ1v) is 9.06. The van der Waals surface area contributed by atoms with Crippen molar-refractivity contribution in [1.82, 2.24) is 4.57 Å². The molecule has 2 aromatic rings. The Balaban J connectivity index is 2.17. The van der Waals surface area contributed by atoms with Gasteiger partial charge in [0.15, 0.2) is 5.60 Å². The Bertz CT molecular complexity index is 915. The number of carbonyl (C=O) groups excluding carboxylic acids is 1. The van der Waals surface area contributed by atoms with E-state index in [9.17, 15) is 9.59 Å². The van der Waals surface area contributed by atoms with Crippen LogP contribution in [0.3, 0.4) is 0 Å². The van der Waals surface area contributed by atoms with Gasteiger partial charge in [0.05, 0.1) is 15.2 Å². The summed E-state index contributed by atoms with van der Waals surface area (Å²) in [5.41, 5.74) is 0.710. The Kier molecular flexibility index (Phi) is 6.10. The topological polar surface area (TPSA) is 48.3 Å². The molecule has 0 saturated heterocycles. The number of hydrogen-bond donors (Lipinski definition) is 0. The molecule has 0 amide bonds. The molecule has 1 aromatic heterocycles. The number of hydrogen-bond acceptors (Lipinski definition) is 4. The Morgan fingerprint density at radius 1 is 1.48 bits per heavy atom. The van der Waals surface area contributed by atoms with Gasteiger partial charge in [0.1, 0.15) is 6.54 Å². The van der Waals surface area contributed by atoms with Crippen LogP contribution in [0.15, 0.2) is 34.6 Å². The second-order valence-electron chi connectivity index (χ2n) is 6.21. The SMILES string of the molecule is C#C[C@](C)(CCC=C(C)C)OC(=O)Cn1c(=O)sc2cccc(Cl)c21. The molecule has 0 N–H and O–H groups in total. The Labute approximate surface area is 156 Å². The van der Waals surface area contributed by atoms with E-state index in [1.807, 2.05) is 19.9 Å². The lowest BCUT2D eigenvalue weighted by Gasteiger charge is -2.23. The largest absolute Gasteiger partial charge is 0.445 e. The molecule has 0 saturated carbocycles. The van der Waals surface area contributed by atoms with E-state index in [0.717, 1.165) is 16.0 Å². The zero-order valence-electron chi connectivity index (χ0n) is 14.5. The molecular weight excluding hydrogens is 358 g/mol. The van der Waals surface area contributed by atoms with Crippen molar-refractivity contribution in [1.29, 1.82) is 0 Å². The summed E-state index contributed by atoms with van der Waals surface area (Å²) in [4.78, 5) is 24.3. The van der Waals surface area contributed by atoms with E-state index in [1.165, 1.54) is 10.1 Å². The number of carbonyl (C=O) groups is 1. The molecule has 1 aromatic carbocycles. The average Bonchev–Trinajstić information content (AvgIpc) is 2.84. The van der Waals surface area contributed by atoms with Gasteiger partial charge in [-0.05, 0) is 39.3 Å². The molecule has 4 nitrogen and oxygen atoms in total. The smallest absolute Gasteiger partial charge is 0.327 e. The predicted octanol–water partition coefficient (Wildman–Crippen LogP) is 4.40. The number of aromatic nitrogens is 1. The monoisotopic (exact) mass is 377 g/mol. The summed E-state index contributed by atoms with van der Waals surface area (Å²) in [6, 6.07) is 5.24. The van der Waals surface area contributed by atoms with Crippen LogP contribution in [0.4, 0.5) is 0 Å². The normalized spacial score (nSPS) is 13.1. The van der Waals surface area contributed by atoms with Crippen molar-refractivity contribution < 1.29 is 9.53 Å². The van der Waals surface area contributed by atoms with Crippen LogP contribution in [0.2, 0.25) is 5.02 Å². The summed E-state index contributed by atoms with van der Waals surface area (Å²) in [7, 11) is 0. The van der Waals surface area contributed by atoms with Crippen molar-refractivity contribution in [2.24, 2.45) is 0 Å². The number of ether oxygens (including phenoxy) is 1. The number of thiazole rings is 1. The van der Waals surface area contributed by atoms with Crippen LogP contribution in [0.5, 0.6) is 0 Å². The molecule has 0 aliphatic carbocycles. The minimum absolute atomic E-state index is 0.220. The number of para-hydroxylation sites is 1. The van der Waals surface area contributed by atoms with Crippen molar-refractivity contribution in [2.75, 3.05) is 0 Å². The van der Waals surface area contributed by atoms with Crippen molar-refractivity contribution in [3.63, 3.8) is 0 Å². The number of terminal acetylenes is 1. The first-order valence-electron chi connectivity index (χ1n) is 7.86. The number of nitrogens with zero attached hydrogens (tertiary/aromatic N) is 1. The lowest BCUT2D eigenvalue weighted by atomic mass is 10.00. The van der Waals surface area contributed by atoms with Crippen LogP contribution in [-0.2, 0) is 16.1 Å². The Hall–Kier alpha value is -2.03. The highest BCUT2D eigenvalue weighted by atomic mass is 35.5. The van der Waals surface area contributed by atoms with Gasteiger partial charge in [-0.1, -0.05) is 46.6 Å². The van der Waals surface area contributed by atoms with Crippen molar-refractivity contribution in [2.45, 2.75) is 45.8 Å². The third kappa shape index (κ3) is 4.75. The van der Waals surface area contributed by atoms with Crippen LogP contribution >= 0.6 is 22.9 Å². The minimum Gasteiger partial charge on any atom is -0.445 e. The molecule has 0 unspecified atom stereocenters. The van der Waals surface area contributed by atoms with Gasteiger partial charge in [0, 0.05) is 6.42 Å². The van der Waals surface area contributed by atoms with Gasteiger partial charge in [0.2, 0.25) is 0 Å². The molecule has 132 valence electrons. The van der Waals surface area contributed by atoms with Crippen molar-refractivity contribution >= 4 is 39.1 Å². The van der Waals surface area contributed by atoms with Crippen molar-refractivity contribution in [3.05, 3.63) is 44.5 Å². The third-order valence-electron chi connectivity index (χ3n) is 3.74. The lowest BCUT2D eigenvalue weighted by Crippen LogP contribution is -2.32. The van der Waals surface area contributed by atoms with Crippen LogP contribution < -0.4 is 4.87 Å². The molecule has 0 bridgehead atoms. The molecule has 0 aliphatic rings. The molecule has 0 radical (unpaired) electrons. The summed E-state index contributed by atoms with van der Waals surface area (Å²) in [6.07, 6.45) is 8.82. The number of rotatable bonds is 6. The highest BCUT2D eigenvalue weighted by molar-refractivity contribution is 7.16. The van der Waals surface area contributed by atoms with E-state index in [0.29, 0.717) is 23.4 Å². The van der Waals surface area contributed by atoms with E-state index >= 15 is 0 Å². The van der Waals surface area contributed by atoms with E-state index < -0.39 is 11.6 Å². The second-order valence-corrected chi connectivity index (χ2v) is 7.61. The highest BCUT2D eigenvalue weighted by Crippen LogP contribution is 2.25. The molecule has 25 heavy (non-hydrogen) atoms. The molecule has 6 heteroatoms. The molecule has 0 fully saturated rings. The van der Waals surface area contributed by atoms with Gasteiger partial charge in [-0.2, -0.15) is 0 Å². The molecule has 0 spiro atoms. The average molecular weight is 378 g/mol. The Morgan fingerprint density at radius 2 is 2.20 bits per heavy atom. The summed E-state index contributed by atoms with van der Waals surface area (Å²) in [5, 5.41) is 0.423. The maximum absolute atomic E-state index is 12.4. The van der Waals surface area contributed by atoms with Crippen LogP contribution in [0, 0.1) is 12.3 Å². The standard InChI is InChI=1S/C19H20ClNO3S/c1-5-19(4,11-7-8-13(2)3)24-16(22)12-21-17-14(20)9-6-10-15(17)25-18(21)23/h1,6,8-10H,7,11-12H2,2-4H3/t19-/m1/s1. The van der Waals surface area contributed by atoms with Gasteiger partial charge in [-0.3, -0.25) is 14.2 Å². The molecular formula is C19H20ClNO3S. The number of fused-ring (bicyclic) bond motifs is 1. The molecule has 1 atom stereocenters. The van der Waals surface area contributed by atoms with Crippen LogP contribution in [0.1, 0.15) is 33.6 Å². The van der Waals surface area contributed by atoms with Crippen molar-refractivity contribution in [3.8, 4) is 12.3 Å². The number of esters is 1. The maximum Gasteiger partial charge on any atom is 0.327 e. The lowest BCUT2D eigenvalue weighted by molar-refractivity contribution is -0.154. The van der Waals surface area contributed by atoms with Gasteiger partial charge in [-0.25, -0.2) is 0 Å². The first kappa shape index (κ1) is 19.3. The quantitative estimate of drug-likeness (QED) is 0.426. The second kappa shape index (κ2) is 7.90. The van der Waals surface area contributed by atoms with E-state index in [2.05, 4.69) is 5.92 Å².